The Morgan fingerprint density at radius 1 is 1.20 bits per heavy atom. The van der Waals surface area contributed by atoms with E-state index in [1.54, 1.807) is 38.0 Å². The molecule has 1 saturated heterocycles. The van der Waals surface area contributed by atoms with Crippen LogP contribution in [0.3, 0.4) is 0 Å². The number of hydrogen-bond donors (Lipinski definition) is 1. The highest BCUT2D eigenvalue weighted by molar-refractivity contribution is 7.92. The van der Waals surface area contributed by atoms with Crippen LogP contribution in [0.5, 0.6) is 11.5 Å². The average Bonchev–Trinajstić information content (AvgIpc) is 3.23. The molecule has 0 bridgehead atoms. The molecule has 4 rings (SSSR count). The first-order chi connectivity index (χ1) is 19.0. The molecule has 2 N–H and O–H groups in total. The van der Waals surface area contributed by atoms with Gasteiger partial charge in [0.2, 0.25) is 0 Å². The Morgan fingerprint density at radius 2 is 1.85 bits per heavy atom. The van der Waals surface area contributed by atoms with Gasteiger partial charge in [0.1, 0.15) is 5.60 Å². The largest absolute Gasteiger partial charge is 0.494 e. The molecule has 3 aromatic rings. The summed E-state index contributed by atoms with van der Waals surface area (Å²) in [5.41, 5.74) is 6.77. The topological polar surface area (TPSA) is 104 Å². The van der Waals surface area contributed by atoms with E-state index in [0.717, 1.165) is 6.07 Å². The second kappa shape index (κ2) is 11.7. The van der Waals surface area contributed by atoms with Gasteiger partial charge in [0, 0.05) is 72.5 Å². The Bertz CT molecular complexity index is 1450. The van der Waals surface area contributed by atoms with E-state index < -0.39 is 23.3 Å². The first kappa shape index (κ1) is 29.1. The minimum atomic E-state index is -0.880. The highest BCUT2D eigenvalue weighted by atomic mass is 32.2. The molecule has 0 unspecified atom stereocenters. The summed E-state index contributed by atoms with van der Waals surface area (Å²) in [6, 6.07) is 2.70. The fourth-order valence-electron chi connectivity index (χ4n) is 4.20. The van der Waals surface area contributed by atoms with E-state index in [1.807, 2.05) is 0 Å². The van der Waals surface area contributed by atoms with E-state index in [-0.39, 0.29) is 47.5 Å². The van der Waals surface area contributed by atoms with E-state index in [4.69, 9.17) is 19.9 Å². The predicted octanol–water partition coefficient (Wildman–Crippen LogP) is 5.29. The number of hydrogen-bond acceptors (Lipinski definition) is 8. The number of methoxy groups -OCH3 is 2. The second-order valence-electron chi connectivity index (χ2n) is 10.1. The van der Waals surface area contributed by atoms with Crippen molar-refractivity contribution in [1.29, 1.82) is 0 Å². The molecule has 1 aliphatic heterocycles. The molecular weight excluding hydrogens is 547 g/mol. The third-order valence-electron chi connectivity index (χ3n) is 6.25. The number of amides is 1. The van der Waals surface area contributed by atoms with Crippen molar-refractivity contribution in [1.82, 2.24) is 13.9 Å². The van der Waals surface area contributed by atoms with Crippen LogP contribution in [0.25, 0.3) is 16.6 Å². The fraction of sp³-hybridized carbons (Fsp3) is 0.370. The summed E-state index contributed by atoms with van der Waals surface area (Å²) in [5.74, 6) is -2.12. The Morgan fingerprint density at radius 3 is 2.40 bits per heavy atom. The van der Waals surface area contributed by atoms with Gasteiger partial charge < -0.3 is 24.8 Å². The van der Waals surface area contributed by atoms with Crippen LogP contribution in [0, 0.1) is 11.6 Å². The minimum Gasteiger partial charge on any atom is -0.494 e. The minimum absolute atomic E-state index is 0.0869. The van der Waals surface area contributed by atoms with Crippen molar-refractivity contribution in [3.8, 4) is 11.5 Å². The van der Waals surface area contributed by atoms with E-state index >= 15 is 8.78 Å². The quantitative estimate of drug-likeness (QED) is 0.363. The molecule has 40 heavy (non-hydrogen) atoms. The lowest BCUT2D eigenvalue weighted by Gasteiger charge is -2.37. The van der Waals surface area contributed by atoms with E-state index in [2.05, 4.69) is 9.98 Å². The van der Waals surface area contributed by atoms with E-state index in [1.165, 1.54) is 36.8 Å². The Hall–Kier alpha value is -3.87. The highest BCUT2D eigenvalue weighted by Crippen LogP contribution is 2.35. The molecule has 214 valence electrons. The number of rotatable bonds is 8. The zero-order chi connectivity index (χ0) is 29.2. The number of allylic oxidation sites excluding steroid dienone is 1. The fourth-order valence-corrected chi connectivity index (χ4v) is 4.58. The van der Waals surface area contributed by atoms with Crippen LogP contribution in [0.15, 0.2) is 35.7 Å². The monoisotopic (exact) mass is 577 g/mol. The molecule has 0 spiro atoms. The summed E-state index contributed by atoms with van der Waals surface area (Å²) in [7, 11) is 2.53. The van der Waals surface area contributed by atoms with Crippen LogP contribution in [0.4, 0.5) is 17.5 Å². The van der Waals surface area contributed by atoms with Crippen molar-refractivity contribution in [3.63, 3.8) is 0 Å². The maximum Gasteiger partial charge on any atom is 0.410 e. The summed E-state index contributed by atoms with van der Waals surface area (Å²) in [5, 5.41) is 0.468. The lowest BCUT2D eigenvalue weighted by molar-refractivity contribution is 0.00911. The van der Waals surface area contributed by atoms with Gasteiger partial charge in [-0.2, -0.15) is 0 Å². The van der Waals surface area contributed by atoms with Crippen LogP contribution in [0.1, 0.15) is 37.5 Å². The van der Waals surface area contributed by atoms with Crippen LogP contribution < -0.4 is 15.2 Å². The molecular formula is C27H30F3N5O4S. The van der Waals surface area contributed by atoms with Gasteiger partial charge in [0.05, 0.1) is 20.3 Å². The van der Waals surface area contributed by atoms with Crippen LogP contribution >= 0.6 is 12.3 Å². The van der Waals surface area contributed by atoms with Gasteiger partial charge in [-0.05, 0) is 32.4 Å². The normalized spacial score (nSPS) is 14.6. The number of ether oxygens (including phenoxy) is 3. The van der Waals surface area contributed by atoms with Crippen molar-refractivity contribution in [2.45, 2.75) is 38.8 Å². The molecule has 9 nitrogen and oxygen atoms in total. The van der Waals surface area contributed by atoms with Crippen LogP contribution in [0.2, 0.25) is 0 Å². The lowest BCUT2D eigenvalue weighted by atomic mass is 10.0. The molecule has 0 aliphatic carbocycles. The Labute approximate surface area is 234 Å². The number of benzene rings is 1. The summed E-state index contributed by atoms with van der Waals surface area (Å²) in [6.07, 6.45) is 5.24. The number of aliphatic imine (C=N–C) groups is 1. The van der Waals surface area contributed by atoms with Crippen LogP contribution in [-0.2, 0) is 11.2 Å². The first-order valence-electron chi connectivity index (χ1n) is 12.3. The molecule has 1 amide bonds. The number of carbonyl (C=O) groups excluding carboxylic acids is 1. The molecule has 3 heterocycles. The zero-order valence-corrected chi connectivity index (χ0v) is 23.5. The first-order valence-corrected chi connectivity index (χ1v) is 13.0. The van der Waals surface area contributed by atoms with Gasteiger partial charge >= 0.3 is 6.09 Å². The van der Waals surface area contributed by atoms with Crippen LogP contribution in [-0.4, -0.2) is 65.1 Å². The van der Waals surface area contributed by atoms with Gasteiger partial charge in [0.15, 0.2) is 41.1 Å². The smallest absolute Gasteiger partial charge is 0.410 e. The number of nitrogens with zero attached hydrogens (tertiary/aromatic N) is 4. The zero-order valence-electron chi connectivity index (χ0n) is 22.7. The van der Waals surface area contributed by atoms with Crippen molar-refractivity contribution < 1.29 is 31.7 Å². The number of pyridine rings is 1. The number of likely N-dealkylation sites (tertiary alicyclic amines) is 1. The van der Waals surface area contributed by atoms with Gasteiger partial charge in [-0.15, -0.1) is 3.89 Å². The second-order valence-corrected chi connectivity index (χ2v) is 10.7. The van der Waals surface area contributed by atoms with Crippen molar-refractivity contribution in [2.75, 3.05) is 27.3 Å². The maximum absolute atomic E-state index is 15.1. The third kappa shape index (κ3) is 5.98. The highest BCUT2D eigenvalue weighted by Gasteiger charge is 2.33. The summed E-state index contributed by atoms with van der Waals surface area (Å²) in [4.78, 5) is 22.6. The Kier molecular flexibility index (Phi) is 8.52. The maximum atomic E-state index is 15.1. The van der Waals surface area contributed by atoms with Gasteiger partial charge in [-0.1, -0.05) is 0 Å². The summed E-state index contributed by atoms with van der Waals surface area (Å²) in [6.45, 7) is 6.21. The van der Waals surface area contributed by atoms with Gasteiger partial charge in [-0.3, -0.25) is 4.99 Å². The van der Waals surface area contributed by atoms with E-state index in [9.17, 15) is 8.68 Å². The third-order valence-corrected chi connectivity index (χ3v) is 6.68. The predicted molar refractivity (Wildman–Crippen MR) is 148 cm³/mol. The standard InChI is InChI=1S/C27H30F3N5O4S/c1-27(2,3)39-26(36)34-13-18(14-34)32-11-17(9-31)15-6-19-16(12-35(40-30)25(19)33-10-15)7-20-23(28)21(37-4)8-22(38-5)24(20)29/h6,8-12,18H,7,13-14,31H2,1-5H3. The molecule has 1 fully saturated rings. The molecule has 2 aromatic heterocycles. The molecule has 0 saturated carbocycles. The van der Waals surface area contributed by atoms with Crippen molar-refractivity contribution >= 4 is 41.2 Å². The van der Waals surface area contributed by atoms with Gasteiger partial charge in [-0.25, -0.2) is 22.5 Å². The summed E-state index contributed by atoms with van der Waals surface area (Å²) < 4.78 is 60.4. The van der Waals surface area contributed by atoms with Gasteiger partial charge in [0.25, 0.3) is 0 Å². The SMILES string of the molecule is COc1cc(OC)c(F)c(Cc2cn(SF)c3ncc(C(C=NC4CN(C(=O)OC(C)(C)C)C4)=CN)cc23)c1F. The number of carbonyl (C=O) groups is 1. The number of aromatic nitrogens is 2. The molecule has 0 atom stereocenters. The van der Waals surface area contributed by atoms with E-state index in [0.29, 0.717) is 35.2 Å². The number of nitrogens with two attached hydrogens (primary N) is 1. The summed E-state index contributed by atoms with van der Waals surface area (Å²) >= 11 is -0.0869. The molecule has 0 radical (unpaired) electrons. The average molecular weight is 578 g/mol. The number of fused-ring (bicyclic) bond motifs is 1. The molecule has 1 aromatic carbocycles. The number of halogens is 3. The van der Waals surface area contributed by atoms with Crippen molar-refractivity contribution in [3.05, 3.63) is 59.1 Å². The van der Waals surface area contributed by atoms with Crippen molar-refractivity contribution in [2.24, 2.45) is 10.7 Å². The molecule has 1 aliphatic rings. The molecule has 13 heteroatoms. The lowest BCUT2D eigenvalue weighted by Crippen LogP contribution is -2.54. The Balaban J connectivity index is 1.60.